The first kappa shape index (κ1) is 19.7. The fourth-order valence-corrected chi connectivity index (χ4v) is 3.98. The minimum atomic E-state index is -0.592. The summed E-state index contributed by atoms with van der Waals surface area (Å²) in [7, 11) is 0. The van der Waals surface area contributed by atoms with Crippen molar-refractivity contribution in [3.63, 3.8) is 0 Å². The van der Waals surface area contributed by atoms with E-state index in [0.717, 1.165) is 12.8 Å². The monoisotopic (exact) mass is 419 g/mol. The van der Waals surface area contributed by atoms with Gasteiger partial charge in [0.15, 0.2) is 28.3 Å². The van der Waals surface area contributed by atoms with Gasteiger partial charge < -0.3 is 9.47 Å². The van der Waals surface area contributed by atoms with Gasteiger partial charge in [0, 0.05) is 12.4 Å². The number of para-hydroxylation sites is 1. The quantitative estimate of drug-likeness (QED) is 0.584. The molecule has 0 saturated carbocycles. The van der Waals surface area contributed by atoms with E-state index in [-0.39, 0.29) is 23.3 Å². The number of thioether (sulfide) groups is 1. The average Bonchev–Trinajstić information content (AvgIpc) is 3.35. The third-order valence-corrected chi connectivity index (χ3v) is 5.60. The largest absolute Gasteiger partial charge is 0.451 e. The lowest BCUT2D eigenvalue weighted by atomic mass is 10.2. The van der Waals surface area contributed by atoms with E-state index in [0.29, 0.717) is 29.6 Å². The van der Waals surface area contributed by atoms with Crippen molar-refractivity contribution >= 4 is 11.8 Å². The lowest BCUT2D eigenvalue weighted by Gasteiger charge is -2.11. The maximum Gasteiger partial charge on any atom is 0.344 e. The summed E-state index contributed by atoms with van der Waals surface area (Å²) in [6.07, 6.45) is 1.91. The van der Waals surface area contributed by atoms with Gasteiger partial charge in [0.2, 0.25) is 0 Å². The van der Waals surface area contributed by atoms with Crippen molar-refractivity contribution in [3.8, 4) is 11.5 Å². The number of hydrogen-bond acceptors (Lipinski definition) is 5. The van der Waals surface area contributed by atoms with E-state index >= 15 is 0 Å². The van der Waals surface area contributed by atoms with Crippen LogP contribution in [0.1, 0.15) is 18.4 Å². The normalized spacial score (nSPS) is 16.3. The van der Waals surface area contributed by atoms with Gasteiger partial charge in [0.1, 0.15) is 0 Å². The van der Waals surface area contributed by atoms with Crippen LogP contribution in [-0.2, 0) is 17.0 Å². The Morgan fingerprint density at radius 2 is 2.03 bits per heavy atom. The van der Waals surface area contributed by atoms with Crippen molar-refractivity contribution in [1.29, 1.82) is 0 Å². The Balaban J connectivity index is 1.42. The molecule has 152 valence electrons. The van der Waals surface area contributed by atoms with Crippen molar-refractivity contribution < 1.29 is 18.3 Å². The van der Waals surface area contributed by atoms with Crippen LogP contribution >= 0.6 is 11.8 Å². The van der Waals surface area contributed by atoms with E-state index in [9.17, 15) is 13.6 Å². The van der Waals surface area contributed by atoms with Gasteiger partial charge in [-0.3, -0.25) is 4.57 Å². The molecule has 0 aliphatic carbocycles. The molecule has 1 aliphatic heterocycles. The van der Waals surface area contributed by atoms with E-state index in [1.807, 2.05) is 0 Å². The molecule has 1 atom stereocenters. The second-order valence-corrected chi connectivity index (χ2v) is 7.59. The predicted octanol–water partition coefficient (Wildman–Crippen LogP) is 4.11. The first-order chi connectivity index (χ1) is 14.1. The van der Waals surface area contributed by atoms with Gasteiger partial charge in [-0.25, -0.2) is 18.7 Å². The summed E-state index contributed by atoms with van der Waals surface area (Å²) in [6.45, 7) is 1.15. The number of halogens is 2. The summed E-state index contributed by atoms with van der Waals surface area (Å²) >= 11 is 1.32. The molecule has 1 aromatic heterocycles. The summed E-state index contributed by atoms with van der Waals surface area (Å²) in [5, 5.41) is 7.03. The van der Waals surface area contributed by atoms with Crippen LogP contribution in [-0.4, -0.2) is 27.5 Å². The Bertz CT molecular complexity index is 1050. The second kappa shape index (κ2) is 8.79. The zero-order valence-electron chi connectivity index (χ0n) is 15.4. The highest BCUT2D eigenvalue weighted by Crippen LogP contribution is 2.29. The Kier molecular flexibility index (Phi) is 5.96. The summed E-state index contributed by atoms with van der Waals surface area (Å²) in [5.74, 6) is -0.839. The zero-order valence-corrected chi connectivity index (χ0v) is 16.3. The maximum absolute atomic E-state index is 14.4. The molecule has 1 saturated heterocycles. The molecule has 9 heteroatoms. The van der Waals surface area contributed by atoms with E-state index in [1.165, 1.54) is 42.1 Å². The first-order valence-corrected chi connectivity index (χ1v) is 10.2. The van der Waals surface area contributed by atoms with Crippen molar-refractivity contribution in [2.75, 3.05) is 6.61 Å². The SMILES string of the molecule is O=c1[nH]nc(SCc2ccc(Oc3ccccc3F)c(F)c2)n1CC1CCCO1. The van der Waals surface area contributed by atoms with E-state index in [1.54, 1.807) is 16.7 Å². The van der Waals surface area contributed by atoms with Crippen molar-refractivity contribution in [1.82, 2.24) is 14.8 Å². The summed E-state index contributed by atoms with van der Waals surface area (Å²) in [5.41, 5.74) is 0.398. The molecule has 0 radical (unpaired) electrons. The number of aromatic nitrogens is 3. The molecule has 1 fully saturated rings. The molecule has 29 heavy (non-hydrogen) atoms. The molecule has 6 nitrogen and oxygen atoms in total. The van der Waals surface area contributed by atoms with E-state index in [2.05, 4.69) is 10.2 Å². The van der Waals surface area contributed by atoms with Crippen LogP contribution in [0, 0.1) is 11.6 Å². The minimum Gasteiger partial charge on any atom is -0.451 e. The van der Waals surface area contributed by atoms with Gasteiger partial charge >= 0.3 is 5.69 Å². The lowest BCUT2D eigenvalue weighted by Crippen LogP contribution is -2.24. The molecule has 3 aromatic rings. The van der Waals surface area contributed by atoms with Crippen LogP contribution < -0.4 is 10.4 Å². The first-order valence-electron chi connectivity index (χ1n) is 9.20. The minimum absolute atomic E-state index is 0.0110. The Morgan fingerprint density at radius 3 is 2.79 bits per heavy atom. The van der Waals surface area contributed by atoms with E-state index < -0.39 is 11.6 Å². The number of nitrogens with one attached hydrogen (secondary N) is 1. The highest BCUT2D eigenvalue weighted by Gasteiger charge is 2.20. The van der Waals surface area contributed by atoms with Gasteiger partial charge in [-0.1, -0.05) is 30.0 Å². The molecule has 2 heterocycles. The van der Waals surface area contributed by atoms with Crippen LogP contribution in [0.4, 0.5) is 8.78 Å². The standard InChI is InChI=1S/C20H19F2N3O3S/c21-15-5-1-2-6-17(15)28-18-8-7-13(10-16(18)22)12-29-20-24-23-19(26)25(20)11-14-4-3-9-27-14/h1-2,5-8,10,14H,3-4,9,11-12H2,(H,23,26). The molecule has 1 unspecified atom stereocenters. The van der Waals surface area contributed by atoms with Crippen LogP contribution in [0.15, 0.2) is 52.4 Å². The van der Waals surface area contributed by atoms with Crippen molar-refractivity contribution in [2.24, 2.45) is 0 Å². The molecule has 0 spiro atoms. The van der Waals surface area contributed by atoms with Gasteiger partial charge in [0.05, 0.1) is 12.6 Å². The second-order valence-electron chi connectivity index (χ2n) is 6.64. The third kappa shape index (κ3) is 4.68. The lowest BCUT2D eigenvalue weighted by molar-refractivity contribution is 0.0941. The highest BCUT2D eigenvalue weighted by atomic mass is 32.2. The highest BCUT2D eigenvalue weighted by molar-refractivity contribution is 7.98. The number of benzene rings is 2. The van der Waals surface area contributed by atoms with E-state index in [4.69, 9.17) is 9.47 Å². The number of nitrogens with zero attached hydrogens (tertiary/aromatic N) is 2. The maximum atomic E-state index is 14.4. The molecular formula is C20H19F2N3O3S. The Hall–Kier alpha value is -2.65. The Morgan fingerprint density at radius 1 is 1.21 bits per heavy atom. The fourth-order valence-electron chi connectivity index (χ4n) is 3.08. The molecule has 1 aliphatic rings. The smallest absolute Gasteiger partial charge is 0.344 e. The topological polar surface area (TPSA) is 69.1 Å². The van der Waals surface area contributed by atoms with Crippen LogP contribution in [0.2, 0.25) is 0 Å². The van der Waals surface area contributed by atoms with Crippen LogP contribution in [0.5, 0.6) is 11.5 Å². The molecule has 1 N–H and O–H groups in total. The van der Waals surface area contributed by atoms with Gasteiger partial charge in [-0.2, -0.15) is 0 Å². The third-order valence-electron chi connectivity index (χ3n) is 4.55. The molecule has 0 amide bonds. The summed E-state index contributed by atoms with van der Waals surface area (Å²) in [4.78, 5) is 12.0. The number of ether oxygens (including phenoxy) is 2. The molecule has 4 rings (SSSR count). The molecule has 0 bridgehead atoms. The fraction of sp³-hybridized carbons (Fsp3) is 0.300. The van der Waals surface area contributed by atoms with Crippen molar-refractivity contribution in [3.05, 3.63) is 70.1 Å². The van der Waals surface area contributed by atoms with Gasteiger partial charge in [-0.15, -0.1) is 5.10 Å². The van der Waals surface area contributed by atoms with Crippen LogP contribution in [0.25, 0.3) is 0 Å². The molecular weight excluding hydrogens is 400 g/mol. The predicted molar refractivity (Wildman–Crippen MR) is 104 cm³/mol. The summed E-state index contributed by atoms with van der Waals surface area (Å²) < 4.78 is 40.5. The average molecular weight is 419 g/mol. The Labute approximate surface area is 169 Å². The zero-order chi connectivity index (χ0) is 20.2. The van der Waals surface area contributed by atoms with Crippen LogP contribution in [0.3, 0.4) is 0 Å². The summed E-state index contributed by atoms with van der Waals surface area (Å²) in [6, 6.07) is 10.3. The van der Waals surface area contributed by atoms with Gasteiger partial charge in [-0.05, 0) is 42.7 Å². The number of aromatic amines is 1. The molecule has 2 aromatic carbocycles. The van der Waals surface area contributed by atoms with Crippen molar-refractivity contribution in [2.45, 2.75) is 36.4 Å². The van der Waals surface area contributed by atoms with Gasteiger partial charge in [0.25, 0.3) is 0 Å². The number of hydrogen-bond donors (Lipinski definition) is 1. The number of rotatable bonds is 7. The number of H-pyrrole nitrogens is 1.